The smallest absolute Gasteiger partial charge is 0.224 e. The van der Waals surface area contributed by atoms with Crippen molar-refractivity contribution in [1.29, 1.82) is 0 Å². The Balaban J connectivity index is 1.51. The van der Waals surface area contributed by atoms with E-state index in [2.05, 4.69) is 5.32 Å². The zero-order chi connectivity index (χ0) is 14.5. The quantitative estimate of drug-likeness (QED) is 0.914. The third kappa shape index (κ3) is 3.73. The number of carbonyl (C=O) groups is 1. The maximum absolute atomic E-state index is 11.9. The predicted molar refractivity (Wildman–Crippen MR) is 81.4 cm³/mol. The number of carbonyl (C=O) groups excluding carboxylic acids is 1. The number of amides is 1. The van der Waals surface area contributed by atoms with Gasteiger partial charge in [-0.05, 0) is 36.2 Å². The van der Waals surface area contributed by atoms with Gasteiger partial charge in [0.05, 0.1) is 13.0 Å². The molecule has 1 aromatic heterocycles. The second kappa shape index (κ2) is 6.59. The van der Waals surface area contributed by atoms with Crippen LogP contribution in [0.4, 0.5) is 0 Å². The van der Waals surface area contributed by atoms with E-state index < -0.39 is 0 Å². The fraction of sp³-hybridized carbons (Fsp3) is 0.353. The van der Waals surface area contributed by atoms with Gasteiger partial charge in [0.15, 0.2) is 0 Å². The molecule has 1 N–H and O–H groups in total. The van der Waals surface area contributed by atoms with Crippen LogP contribution < -0.4 is 5.32 Å². The first-order valence-electron chi connectivity index (χ1n) is 7.38. The maximum Gasteiger partial charge on any atom is 0.224 e. The molecule has 1 saturated heterocycles. The van der Waals surface area contributed by atoms with E-state index in [4.69, 9.17) is 4.74 Å². The lowest BCUT2D eigenvalue weighted by atomic mass is 10.1. The fourth-order valence-corrected chi connectivity index (χ4v) is 2.54. The zero-order valence-corrected chi connectivity index (χ0v) is 12.0. The number of benzene rings is 1. The molecule has 1 fully saturated rings. The average molecular weight is 284 g/mol. The van der Waals surface area contributed by atoms with Crippen molar-refractivity contribution in [2.45, 2.75) is 12.8 Å². The summed E-state index contributed by atoms with van der Waals surface area (Å²) in [5, 5.41) is 2.99. The van der Waals surface area contributed by atoms with E-state index in [1.165, 1.54) is 0 Å². The summed E-state index contributed by atoms with van der Waals surface area (Å²) in [5.41, 5.74) is 2.14. The minimum atomic E-state index is 0.0793. The van der Waals surface area contributed by atoms with Crippen LogP contribution in [-0.4, -0.2) is 30.2 Å². The summed E-state index contributed by atoms with van der Waals surface area (Å²) in [4.78, 5) is 11.9. The van der Waals surface area contributed by atoms with Gasteiger partial charge < -0.3 is 14.6 Å². The van der Waals surface area contributed by atoms with Gasteiger partial charge in [-0.1, -0.05) is 12.1 Å². The minimum absolute atomic E-state index is 0.0793. The van der Waals surface area contributed by atoms with Gasteiger partial charge >= 0.3 is 0 Å². The van der Waals surface area contributed by atoms with E-state index in [1.54, 1.807) is 0 Å². The van der Waals surface area contributed by atoms with E-state index in [1.807, 2.05) is 53.4 Å². The molecule has 1 aliphatic heterocycles. The van der Waals surface area contributed by atoms with Gasteiger partial charge in [-0.2, -0.15) is 0 Å². The second-order valence-corrected chi connectivity index (χ2v) is 5.47. The molecule has 0 spiro atoms. The number of rotatable bonds is 5. The third-order valence-corrected chi connectivity index (χ3v) is 3.82. The first-order valence-corrected chi connectivity index (χ1v) is 7.38. The largest absolute Gasteiger partial charge is 0.381 e. The van der Waals surface area contributed by atoms with Gasteiger partial charge in [-0.25, -0.2) is 0 Å². The SMILES string of the molecule is O=C(Cc1ccc(-n2cccc2)cc1)NC[C@@H]1CCOC1. The number of aromatic nitrogens is 1. The summed E-state index contributed by atoms with van der Waals surface area (Å²) < 4.78 is 7.35. The van der Waals surface area contributed by atoms with Crippen molar-refractivity contribution in [2.75, 3.05) is 19.8 Å². The molecule has 3 rings (SSSR count). The highest BCUT2D eigenvalue weighted by molar-refractivity contribution is 5.78. The molecule has 0 saturated carbocycles. The molecule has 4 heteroatoms. The summed E-state index contributed by atoms with van der Waals surface area (Å²) in [7, 11) is 0. The molecule has 0 radical (unpaired) electrons. The topological polar surface area (TPSA) is 43.3 Å². The first-order chi connectivity index (χ1) is 10.3. The number of nitrogens with one attached hydrogen (secondary N) is 1. The van der Waals surface area contributed by atoms with E-state index in [-0.39, 0.29) is 5.91 Å². The molecule has 2 aromatic rings. The molecule has 21 heavy (non-hydrogen) atoms. The van der Waals surface area contributed by atoms with Crippen LogP contribution in [0.15, 0.2) is 48.8 Å². The lowest BCUT2D eigenvalue weighted by molar-refractivity contribution is -0.120. The van der Waals surface area contributed by atoms with Crippen molar-refractivity contribution in [3.8, 4) is 5.69 Å². The average Bonchev–Trinajstić information content (AvgIpc) is 3.19. The summed E-state index contributed by atoms with van der Waals surface area (Å²) in [6.45, 7) is 2.31. The van der Waals surface area contributed by atoms with Crippen molar-refractivity contribution in [3.63, 3.8) is 0 Å². The number of ether oxygens (including phenoxy) is 1. The Kier molecular flexibility index (Phi) is 4.36. The van der Waals surface area contributed by atoms with Crippen molar-refractivity contribution in [1.82, 2.24) is 9.88 Å². The molecule has 0 unspecified atom stereocenters. The zero-order valence-electron chi connectivity index (χ0n) is 12.0. The Labute approximate surface area is 124 Å². The van der Waals surface area contributed by atoms with Crippen LogP contribution in [0, 0.1) is 5.92 Å². The standard InChI is InChI=1S/C17H20N2O2/c20-17(18-12-15-7-10-21-13-15)11-14-3-5-16(6-4-14)19-8-1-2-9-19/h1-6,8-9,15H,7,10-13H2,(H,18,20)/t15-/m0/s1. The monoisotopic (exact) mass is 284 g/mol. The van der Waals surface area contributed by atoms with Crippen LogP contribution in [0.5, 0.6) is 0 Å². The lowest BCUT2D eigenvalue weighted by Gasteiger charge is -2.10. The van der Waals surface area contributed by atoms with E-state index in [9.17, 15) is 4.79 Å². The fourth-order valence-electron chi connectivity index (χ4n) is 2.54. The van der Waals surface area contributed by atoms with Crippen LogP contribution >= 0.6 is 0 Å². The Morgan fingerprint density at radius 3 is 2.67 bits per heavy atom. The van der Waals surface area contributed by atoms with Gasteiger partial charge in [-0.15, -0.1) is 0 Å². The van der Waals surface area contributed by atoms with Crippen LogP contribution in [0.1, 0.15) is 12.0 Å². The molecule has 1 atom stereocenters. The number of nitrogens with zero attached hydrogens (tertiary/aromatic N) is 1. The van der Waals surface area contributed by atoms with Crippen molar-refractivity contribution >= 4 is 5.91 Å². The summed E-state index contributed by atoms with van der Waals surface area (Å²) in [6.07, 6.45) is 5.49. The number of hydrogen-bond donors (Lipinski definition) is 1. The van der Waals surface area contributed by atoms with Crippen molar-refractivity contribution in [3.05, 3.63) is 54.4 Å². The van der Waals surface area contributed by atoms with Crippen molar-refractivity contribution < 1.29 is 9.53 Å². The van der Waals surface area contributed by atoms with Crippen LogP contribution in [0.3, 0.4) is 0 Å². The van der Waals surface area contributed by atoms with E-state index in [0.29, 0.717) is 12.3 Å². The van der Waals surface area contributed by atoms with Crippen LogP contribution in [0.25, 0.3) is 5.69 Å². The summed E-state index contributed by atoms with van der Waals surface area (Å²) in [5.74, 6) is 0.556. The van der Waals surface area contributed by atoms with Gasteiger partial charge in [-0.3, -0.25) is 4.79 Å². The molecule has 1 aliphatic rings. The first kappa shape index (κ1) is 13.9. The van der Waals surface area contributed by atoms with Crippen molar-refractivity contribution in [2.24, 2.45) is 5.92 Å². The summed E-state index contributed by atoms with van der Waals surface area (Å²) >= 11 is 0. The van der Waals surface area contributed by atoms with Gasteiger partial charge in [0.25, 0.3) is 0 Å². The second-order valence-electron chi connectivity index (χ2n) is 5.47. The Hall–Kier alpha value is -2.07. The molecule has 2 heterocycles. The highest BCUT2D eigenvalue weighted by Crippen LogP contribution is 2.12. The highest BCUT2D eigenvalue weighted by Gasteiger charge is 2.16. The molecular formula is C17H20N2O2. The highest BCUT2D eigenvalue weighted by atomic mass is 16.5. The molecule has 4 nitrogen and oxygen atoms in total. The Morgan fingerprint density at radius 2 is 2.00 bits per heavy atom. The van der Waals surface area contributed by atoms with Crippen LogP contribution in [0.2, 0.25) is 0 Å². The lowest BCUT2D eigenvalue weighted by Crippen LogP contribution is -2.30. The summed E-state index contributed by atoms with van der Waals surface area (Å²) in [6, 6.07) is 12.1. The van der Waals surface area contributed by atoms with Gasteiger partial charge in [0.2, 0.25) is 5.91 Å². The van der Waals surface area contributed by atoms with E-state index >= 15 is 0 Å². The third-order valence-electron chi connectivity index (χ3n) is 3.82. The van der Waals surface area contributed by atoms with Gasteiger partial charge in [0, 0.05) is 37.2 Å². The molecule has 0 aliphatic carbocycles. The molecule has 0 bridgehead atoms. The maximum atomic E-state index is 11.9. The molecule has 1 amide bonds. The molecule has 1 aromatic carbocycles. The number of hydrogen-bond acceptors (Lipinski definition) is 2. The molecule has 110 valence electrons. The Bertz CT molecular complexity index is 569. The Morgan fingerprint density at radius 1 is 1.24 bits per heavy atom. The predicted octanol–water partition coefficient (Wildman–Crippen LogP) is 2.17. The normalized spacial score (nSPS) is 17.8. The molecular weight excluding hydrogens is 264 g/mol. The minimum Gasteiger partial charge on any atom is -0.381 e. The van der Waals surface area contributed by atoms with Gasteiger partial charge in [0.1, 0.15) is 0 Å². The van der Waals surface area contributed by atoms with E-state index in [0.717, 1.165) is 37.4 Å². The van der Waals surface area contributed by atoms with Crippen LogP contribution in [-0.2, 0) is 16.0 Å².